The van der Waals surface area contributed by atoms with Crippen LogP contribution in [0.15, 0.2) is 24.3 Å². The van der Waals surface area contributed by atoms with Gasteiger partial charge in [-0.15, -0.1) is 0 Å². The zero-order chi connectivity index (χ0) is 12.4. The van der Waals surface area contributed by atoms with Crippen LogP contribution in [0.5, 0.6) is 0 Å². The van der Waals surface area contributed by atoms with Crippen molar-refractivity contribution in [1.82, 2.24) is 0 Å². The summed E-state index contributed by atoms with van der Waals surface area (Å²) in [5.74, 6) is 0.192. The molecule has 1 fully saturated rings. The SMILES string of the molecule is CC(C)c1ccc([C@@H]2[NH2+][C@@H](C(=O)[O-])CS2)cc1. The third-order valence-corrected chi connectivity index (χ3v) is 4.44. The van der Waals surface area contributed by atoms with Gasteiger partial charge in [-0.05, 0) is 11.5 Å². The van der Waals surface area contributed by atoms with E-state index in [2.05, 4.69) is 38.1 Å². The monoisotopic (exact) mass is 251 g/mol. The Morgan fingerprint density at radius 1 is 1.41 bits per heavy atom. The smallest absolute Gasteiger partial charge is 0.159 e. The van der Waals surface area contributed by atoms with Crippen LogP contribution < -0.4 is 10.4 Å². The van der Waals surface area contributed by atoms with Gasteiger partial charge in [-0.3, -0.25) is 0 Å². The molecule has 2 atom stereocenters. The molecular weight excluding hydrogens is 234 g/mol. The molecule has 92 valence electrons. The van der Waals surface area contributed by atoms with E-state index in [1.54, 1.807) is 11.8 Å². The van der Waals surface area contributed by atoms with Crippen LogP contribution in [0, 0.1) is 0 Å². The van der Waals surface area contributed by atoms with Crippen molar-refractivity contribution < 1.29 is 15.2 Å². The lowest BCUT2D eigenvalue weighted by atomic mass is 10.0. The summed E-state index contributed by atoms with van der Waals surface area (Å²) in [7, 11) is 0. The first-order chi connectivity index (χ1) is 8.08. The first-order valence-corrected chi connectivity index (χ1v) is 6.90. The highest BCUT2D eigenvalue weighted by Crippen LogP contribution is 2.27. The van der Waals surface area contributed by atoms with Crippen molar-refractivity contribution >= 4 is 17.7 Å². The Labute approximate surface area is 106 Å². The Kier molecular flexibility index (Phi) is 3.74. The number of carboxylic acids is 1. The highest BCUT2D eigenvalue weighted by Gasteiger charge is 2.30. The maximum absolute atomic E-state index is 10.8. The van der Waals surface area contributed by atoms with E-state index < -0.39 is 12.0 Å². The first kappa shape index (κ1) is 12.5. The fourth-order valence-corrected chi connectivity index (χ4v) is 3.27. The van der Waals surface area contributed by atoms with Gasteiger partial charge in [-0.25, -0.2) is 0 Å². The maximum Gasteiger partial charge on any atom is 0.159 e. The van der Waals surface area contributed by atoms with Crippen LogP contribution in [0.1, 0.15) is 36.3 Å². The van der Waals surface area contributed by atoms with Crippen LogP contribution in [0.25, 0.3) is 0 Å². The van der Waals surface area contributed by atoms with Crippen molar-refractivity contribution in [3.63, 3.8) is 0 Å². The van der Waals surface area contributed by atoms with Crippen molar-refractivity contribution in [3.05, 3.63) is 35.4 Å². The Bertz CT molecular complexity index is 402. The lowest BCUT2D eigenvalue weighted by Gasteiger charge is -2.12. The fourth-order valence-electron chi connectivity index (χ4n) is 1.95. The molecule has 1 aliphatic rings. The van der Waals surface area contributed by atoms with Crippen LogP contribution >= 0.6 is 11.8 Å². The van der Waals surface area contributed by atoms with E-state index in [1.165, 1.54) is 11.1 Å². The zero-order valence-electron chi connectivity index (χ0n) is 10.1. The molecule has 4 heteroatoms. The summed E-state index contributed by atoms with van der Waals surface area (Å²) in [6.45, 7) is 4.33. The highest BCUT2D eigenvalue weighted by atomic mass is 32.2. The number of quaternary nitrogens is 1. The number of carbonyl (C=O) groups excluding carboxylic acids is 1. The van der Waals surface area contributed by atoms with Crippen LogP contribution in [-0.2, 0) is 4.79 Å². The molecule has 1 heterocycles. The van der Waals surface area contributed by atoms with Crippen molar-refractivity contribution in [2.24, 2.45) is 0 Å². The third-order valence-electron chi connectivity index (χ3n) is 3.10. The quantitative estimate of drug-likeness (QED) is 0.837. The normalized spacial score (nSPS) is 24.2. The van der Waals surface area contributed by atoms with Gasteiger partial charge in [0.25, 0.3) is 0 Å². The van der Waals surface area contributed by atoms with E-state index in [4.69, 9.17) is 0 Å². The molecule has 17 heavy (non-hydrogen) atoms. The topological polar surface area (TPSA) is 56.7 Å². The first-order valence-electron chi connectivity index (χ1n) is 5.85. The van der Waals surface area contributed by atoms with Crippen LogP contribution in [0.3, 0.4) is 0 Å². The number of benzene rings is 1. The minimum Gasteiger partial charge on any atom is -0.544 e. The standard InChI is InChI=1S/C13H17NO2S/c1-8(2)9-3-5-10(6-4-9)12-14-11(7-17-12)13(15)16/h3-6,8,11-12,14H,7H2,1-2H3,(H,15,16)/t11-,12-/m1/s1. The number of aliphatic carboxylic acids is 1. The summed E-state index contributed by atoms with van der Waals surface area (Å²) < 4.78 is 0. The summed E-state index contributed by atoms with van der Waals surface area (Å²) in [6, 6.07) is 8.04. The summed E-state index contributed by atoms with van der Waals surface area (Å²) in [4.78, 5) is 10.8. The number of thioether (sulfide) groups is 1. The Morgan fingerprint density at radius 2 is 2.06 bits per heavy atom. The van der Waals surface area contributed by atoms with E-state index >= 15 is 0 Å². The molecule has 0 saturated carbocycles. The average molecular weight is 251 g/mol. The van der Waals surface area contributed by atoms with E-state index in [0.29, 0.717) is 11.7 Å². The van der Waals surface area contributed by atoms with E-state index in [1.807, 2.05) is 5.32 Å². The average Bonchev–Trinajstić information content (AvgIpc) is 2.78. The van der Waals surface area contributed by atoms with Gasteiger partial charge >= 0.3 is 0 Å². The predicted molar refractivity (Wildman–Crippen MR) is 66.5 cm³/mol. The maximum atomic E-state index is 10.8. The molecule has 2 N–H and O–H groups in total. The molecule has 2 rings (SSSR count). The van der Waals surface area contributed by atoms with Gasteiger partial charge in [0.05, 0.1) is 5.75 Å². The van der Waals surface area contributed by atoms with Gasteiger partial charge in [-0.1, -0.05) is 49.9 Å². The molecule has 0 bridgehead atoms. The molecule has 1 saturated heterocycles. The molecule has 1 aromatic rings. The number of rotatable bonds is 3. The number of nitrogens with two attached hydrogens (primary N) is 1. The minimum absolute atomic E-state index is 0.194. The second-order valence-corrected chi connectivity index (χ2v) is 5.87. The van der Waals surface area contributed by atoms with Gasteiger partial charge in [-0.2, -0.15) is 0 Å². The van der Waals surface area contributed by atoms with Crippen molar-refractivity contribution in [2.75, 3.05) is 5.75 Å². The predicted octanol–water partition coefficient (Wildman–Crippen LogP) is 0.237. The number of carboxylic acid groups (broad SMARTS) is 1. The number of hydrogen-bond donors (Lipinski definition) is 1. The minimum atomic E-state index is -0.959. The molecule has 0 spiro atoms. The molecule has 0 unspecified atom stereocenters. The third kappa shape index (κ3) is 2.82. The van der Waals surface area contributed by atoms with Gasteiger partial charge < -0.3 is 15.2 Å². The molecule has 1 aliphatic heterocycles. The molecule has 0 amide bonds. The highest BCUT2D eigenvalue weighted by molar-refractivity contribution is 7.99. The summed E-state index contributed by atoms with van der Waals surface area (Å²) in [5, 5.41) is 12.8. The van der Waals surface area contributed by atoms with Crippen molar-refractivity contribution in [2.45, 2.75) is 31.2 Å². The van der Waals surface area contributed by atoms with Crippen molar-refractivity contribution in [3.8, 4) is 0 Å². The van der Waals surface area contributed by atoms with Gasteiger partial charge in [0.1, 0.15) is 12.0 Å². The second kappa shape index (κ2) is 5.10. The van der Waals surface area contributed by atoms with Gasteiger partial charge in [0.15, 0.2) is 5.37 Å². The lowest BCUT2D eigenvalue weighted by molar-refractivity contribution is -0.690. The number of carbonyl (C=O) groups is 1. The van der Waals surface area contributed by atoms with E-state index in [-0.39, 0.29) is 5.37 Å². The Morgan fingerprint density at radius 3 is 2.53 bits per heavy atom. The van der Waals surface area contributed by atoms with Crippen LogP contribution in [0.4, 0.5) is 0 Å². The molecule has 3 nitrogen and oxygen atoms in total. The Hall–Kier alpha value is -1.00. The fraction of sp³-hybridized carbons (Fsp3) is 0.462. The Balaban J connectivity index is 2.06. The van der Waals surface area contributed by atoms with Crippen LogP contribution in [-0.4, -0.2) is 17.8 Å². The van der Waals surface area contributed by atoms with Gasteiger partial charge in [0.2, 0.25) is 0 Å². The summed E-state index contributed by atoms with van der Waals surface area (Å²) in [5.41, 5.74) is 2.50. The molecule has 0 aromatic heterocycles. The van der Waals surface area contributed by atoms with E-state index in [0.717, 1.165) is 0 Å². The van der Waals surface area contributed by atoms with Crippen LogP contribution in [0.2, 0.25) is 0 Å². The molecular formula is C13H17NO2S. The molecule has 0 aliphatic carbocycles. The van der Waals surface area contributed by atoms with E-state index in [9.17, 15) is 9.90 Å². The summed E-state index contributed by atoms with van der Waals surface area (Å²) >= 11 is 1.67. The van der Waals surface area contributed by atoms with Crippen molar-refractivity contribution in [1.29, 1.82) is 0 Å². The molecule has 1 aromatic carbocycles. The number of hydrogen-bond acceptors (Lipinski definition) is 3. The molecule has 0 radical (unpaired) electrons. The largest absolute Gasteiger partial charge is 0.544 e. The zero-order valence-corrected chi connectivity index (χ0v) is 10.9. The summed E-state index contributed by atoms with van der Waals surface area (Å²) in [6.07, 6.45) is 0. The van der Waals surface area contributed by atoms with Gasteiger partial charge in [0, 0.05) is 5.56 Å². The lowest BCUT2D eigenvalue weighted by Crippen LogP contribution is -2.90. The second-order valence-electron chi connectivity index (χ2n) is 4.69.